The Bertz CT molecular complexity index is 824. The quantitative estimate of drug-likeness (QED) is 0.675. The molecule has 2 aromatic carbocycles. The van der Waals surface area contributed by atoms with Gasteiger partial charge in [-0.2, -0.15) is 0 Å². The minimum atomic E-state index is -3.65. The van der Waals surface area contributed by atoms with Crippen LogP contribution in [0.3, 0.4) is 0 Å². The van der Waals surface area contributed by atoms with Crippen molar-refractivity contribution < 1.29 is 17.9 Å². The first-order valence-electron chi connectivity index (χ1n) is 6.86. The van der Waals surface area contributed by atoms with E-state index >= 15 is 0 Å². The van der Waals surface area contributed by atoms with Crippen LogP contribution in [0.5, 0.6) is 0 Å². The third-order valence-corrected chi connectivity index (χ3v) is 4.47. The highest BCUT2D eigenvalue weighted by Gasteiger charge is 2.13. The average molecular weight is 331 g/mol. The smallest absolute Gasteiger partial charge is 0.330 e. The molecule has 0 saturated carbocycles. The first-order chi connectivity index (χ1) is 10.9. The molecule has 0 amide bonds. The van der Waals surface area contributed by atoms with Crippen LogP contribution in [0.4, 0.5) is 5.69 Å². The summed E-state index contributed by atoms with van der Waals surface area (Å²) in [6, 6.07) is 13.3. The summed E-state index contributed by atoms with van der Waals surface area (Å²) in [5, 5.41) is 0. The Morgan fingerprint density at radius 1 is 1.13 bits per heavy atom. The number of nitrogens with one attached hydrogen (secondary N) is 1. The van der Waals surface area contributed by atoms with Crippen LogP contribution in [0.2, 0.25) is 0 Å². The molecule has 0 aliphatic rings. The van der Waals surface area contributed by atoms with Crippen LogP contribution in [-0.4, -0.2) is 21.5 Å². The summed E-state index contributed by atoms with van der Waals surface area (Å²) in [6.45, 7) is 1.89. The van der Waals surface area contributed by atoms with Crippen molar-refractivity contribution in [3.8, 4) is 0 Å². The van der Waals surface area contributed by atoms with E-state index in [1.54, 1.807) is 36.4 Å². The maximum atomic E-state index is 12.3. The van der Waals surface area contributed by atoms with E-state index in [-0.39, 0.29) is 4.90 Å². The molecule has 0 atom stereocenters. The van der Waals surface area contributed by atoms with Crippen molar-refractivity contribution in [2.45, 2.75) is 11.8 Å². The molecule has 2 rings (SSSR count). The second kappa shape index (κ2) is 7.11. The molecule has 1 N–H and O–H groups in total. The molecule has 0 saturated heterocycles. The Kier molecular flexibility index (Phi) is 5.18. The van der Waals surface area contributed by atoms with Crippen molar-refractivity contribution in [1.82, 2.24) is 0 Å². The van der Waals surface area contributed by atoms with Gasteiger partial charge in [-0.05, 0) is 48.4 Å². The average Bonchev–Trinajstić information content (AvgIpc) is 2.52. The number of hydrogen-bond acceptors (Lipinski definition) is 4. The lowest BCUT2D eigenvalue weighted by Crippen LogP contribution is -2.12. The first kappa shape index (κ1) is 16.8. The Hall–Kier alpha value is -2.60. The van der Waals surface area contributed by atoms with E-state index in [1.807, 2.05) is 13.0 Å². The summed E-state index contributed by atoms with van der Waals surface area (Å²) in [5.74, 6) is -0.470. The first-order valence-corrected chi connectivity index (χ1v) is 8.34. The van der Waals surface area contributed by atoms with Crippen molar-refractivity contribution >= 4 is 27.8 Å². The van der Waals surface area contributed by atoms with Gasteiger partial charge in [0, 0.05) is 11.8 Å². The van der Waals surface area contributed by atoms with Crippen LogP contribution in [0.25, 0.3) is 6.08 Å². The van der Waals surface area contributed by atoms with Crippen LogP contribution < -0.4 is 4.72 Å². The van der Waals surface area contributed by atoms with Crippen LogP contribution in [0, 0.1) is 6.92 Å². The van der Waals surface area contributed by atoms with Gasteiger partial charge < -0.3 is 4.74 Å². The number of aryl methyl sites for hydroxylation is 1. The number of carbonyl (C=O) groups excluding carboxylic acids is 1. The molecule has 5 nitrogen and oxygen atoms in total. The van der Waals surface area contributed by atoms with Gasteiger partial charge in [0.1, 0.15) is 0 Å². The number of ether oxygens (including phenoxy) is 1. The molecule has 0 aromatic heterocycles. The van der Waals surface area contributed by atoms with Gasteiger partial charge in [0.15, 0.2) is 0 Å². The minimum Gasteiger partial charge on any atom is -0.466 e. The largest absolute Gasteiger partial charge is 0.466 e. The number of anilines is 1. The number of carbonyl (C=O) groups is 1. The molecule has 0 bridgehead atoms. The normalized spacial score (nSPS) is 11.4. The van der Waals surface area contributed by atoms with Crippen molar-refractivity contribution in [3.63, 3.8) is 0 Å². The molecule has 23 heavy (non-hydrogen) atoms. The molecule has 0 heterocycles. The van der Waals surface area contributed by atoms with Gasteiger partial charge in [-0.3, -0.25) is 4.72 Å². The summed E-state index contributed by atoms with van der Waals surface area (Å²) in [6.07, 6.45) is 2.82. The van der Waals surface area contributed by atoms with Crippen molar-refractivity contribution in [1.29, 1.82) is 0 Å². The van der Waals surface area contributed by atoms with E-state index in [1.165, 1.54) is 25.3 Å². The van der Waals surface area contributed by atoms with Gasteiger partial charge >= 0.3 is 5.97 Å². The molecule has 0 radical (unpaired) electrons. The van der Waals surface area contributed by atoms with Gasteiger partial charge in [0.05, 0.1) is 12.0 Å². The molecule has 0 fully saturated rings. The maximum Gasteiger partial charge on any atom is 0.330 e. The zero-order chi connectivity index (χ0) is 16.9. The highest BCUT2D eigenvalue weighted by atomic mass is 32.2. The lowest BCUT2D eigenvalue weighted by atomic mass is 10.2. The predicted octanol–water partition coefficient (Wildman–Crippen LogP) is 2.98. The number of benzene rings is 2. The monoisotopic (exact) mass is 331 g/mol. The van der Waals surface area contributed by atoms with E-state index in [4.69, 9.17) is 0 Å². The van der Waals surface area contributed by atoms with E-state index in [0.29, 0.717) is 11.3 Å². The van der Waals surface area contributed by atoms with E-state index < -0.39 is 16.0 Å². The molecule has 2 aromatic rings. The van der Waals surface area contributed by atoms with Crippen LogP contribution in [0.1, 0.15) is 11.1 Å². The fourth-order valence-electron chi connectivity index (χ4n) is 1.91. The minimum absolute atomic E-state index is 0.147. The molecule has 0 aliphatic carbocycles. The van der Waals surface area contributed by atoms with Gasteiger partial charge in [0.2, 0.25) is 0 Å². The van der Waals surface area contributed by atoms with Crippen molar-refractivity contribution in [2.24, 2.45) is 0 Å². The fraction of sp³-hybridized carbons (Fsp3) is 0.118. The van der Waals surface area contributed by atoms with Gasteiger partial charge in [-0.25, -0.2) is 13.2 Å². The van der Waals surface area contributed by atoms with Crippen LogP contribution >= 0.6 is 0 Å². The molecular weight excluding hydrogens is 314 g/mol. The topological polar surface area (TPSA) is 72.5 Å². The Morgan fingerprint density at radius 3 is 2.43 bits per heavy atom. The summed E-state index contributed by atoms with van der Waals surface area (Å²) in [4.78, 5) is 11.2. The maximum absolute atomic E-state index is 12.3. The molecule has 0 spiro atoms. The highest BCUT2D eigenvalue weighted by molar-refractivity contribution is 7.92. The second-order valence-electron chi connectivity index (χ2n) is 4.90. The number of methoxy groups -OCH3 is 1. The fourth-order valence-corrected chi connectivity index (χ4v) is 2.96. The molecular formula is C17H17NO4S. The Balaban J connectivity index is 2.17. The third kappa shape index (κ3) is 4.69. The summed E-state index contributed by atoms with van der Waals surface area (Å²) in [7, 11) is -2.36. The summed E-state index contributed by atoms with van der Waals surface area (Å²) < 4.78 is 31.7. The third-order valence-electron chi connectivity index (χ3n) is 3.07. The van der Waals surface area contributed by atoms with Gasteiger partial charge in [-0.15, -0.1) is 0 Å². The standard InChI is InChI=1S/C17H17NO4S/c1-13-4-3-5-15(12-13)18-23(20,21)16-9-6-14(7-10-16)8-11-17(19)22-2/h3-12,18H,1-2H3. The van der Waals surface area contributed by atoms with Crippen LogP contribution in [-0.2, 0) is 19.6 Å². The van der Waals surface area contributed by atoms with Crippen LogP contribution in [0.15, 0.2) is 59.5 Å². The highest BCUT2D eigenvalue weighted by Crippen LogP contribution is 2.18. The summed E-state index contributed by atoms with van der Waals surface area (Å²) in [5.41, 5.74) is 2.18. The molecule has 0 unspecified atom stereocenters. The SMILES string of the molecule is COC(=O)C=Cc1ccc(S(=O)(=O)Nc2cccc(C)c2)cc1. The van der Waals surface area contributed by atoms with Gasteiger partial charge in [-0.1, -0.05) is 24.3 Å². The number of rotatable bonds is 5. The Labute approximate surface area is 135 Å². The summed E-state index contributed by atoms with van der Waals surface area (Å²) >= 11 is 0. The molecule has 6 heteroatoms. The number of sulfonamides is 1. The predicted molar refractivity (Wildman–Crippen MR) is 89.5 cm³/mol. The zero-order valence-electron chi connectivity index (χ0n) is 12.8. The van der Waals surface area contributed by atoms with Gasteiger partial charge in [0.25, 0.3) is 10.0 Å². The zero-order valence-corrected chi connectivity index (χ0v) is 13.6. The molecule has 120 valence electrons. The lowest BCUT2D eigenvalue weighted by Gasteiger charge is -2.09. The van der Waals surface area contributed by atoms with Crippen molar-refractivity contribution in [3.05, 3.63) is 65.7 Å². The van der Waals surface area contributed by atoms with Crippen molar-refractivity contribution in [2.75, 3.05) is 11.8 Å². The second-order valence-corrected chi connectivity index (χ2v) is 6.58. The number of esters is 1. The Morgan fingerprint density at radius 2 is 1.83 bits per heavy atom. The number of hydrogen-bond donors (Lipinski definition) is 1. The molecule has 0 aliphatic heterocycles. The van der Waals surface area contributed by atoms with E-state index in [2.05, 4.69) is 9.46 Å². The van der Waals surface area contributed by atoms with E-state index in [9.17, 15) is 13.2 Å². The lowest BCUT2D eigenvalue weighted by molar-refractivity contribution is -0.134. The van der Waals surface area contributed by atoms with E-state index in [0.717, 1.165) is 5.56 Å².